The minimum Gasteiger partial charge on any atom is -0.493 e. The van der Waals surface area contributed by atoms with Gasteiger partial charge in [0.25, 0.3) is 0 Å². The van der Waals surface area contributed by atoms with Crippen molar-refractivity contribution >= 4 is 11.6 Å². The number of nitrogens with zero attached hydrogens (tertiary/aromatic N) is 2. The SMILES string of the molecule is COc1cc(-c2ncc(CN)cn2)cc(Cl)c1OC. The summed E-state index contributed by atoms with van der Waals surface area (Å²) in [7, 11) is 3.09. The summed E-state index contributed by atoms with van der Waals surface area (Å²) in [6.45, 7) is 0.410. The van der Waals surface area contributed by atoms with Crippen molar-refractivity contribution in [3.63, 3.8) is 0 Å². The Hall–Kier alpha value is -1.85. The smallest absolute Gasteiger partial charge is 0.179 e. The normalized spacial score (nSPS) is 10.3. The third kappa shape index (κ3) is 2.77. The van der Waals surface area contributed by atoms with Crippen molar-refractivity contribution in [1.29, 1.82) is 0 Å². The number of hydrogen-bond donors (Lipinski definition) is 1. The molecule has 100 valence electrons. The summed E-state index contributed by atoms with van der Waals surface area (Å²) in [5, 5.41) is 0.448. The van der Waals surface area contributed by atoms with Crippen molar-refractivity contribution in [1.82, 2.24) is 9.97 Å². The number of aromatic nitrogens is 2. The van der Waals surface area contributed by atoms with E-state index >= 15 is 0 Å². The third-order valence-corrected chi connectivity index (χ3v) is 2.91. The van der Waals surface area contributed by atoms with Crippen LogP contribution in [0.2, 0.25) is 5.02 Å². The molecule has 0 bridgehead atoms. The summed E-state index contributed by atoms with van der Waals surface area (Å²) < 4.78 is 10.4. The first kappa shape index (κ1) is 13.6. The second-order valence-corrected chi connectivity index (χ2v) is 4.22. The Balaban J connectivity index is 2.47. The lowest BCUT2D eigenvalue weighted by molar-refractivity contribution is 0.355. The minimum atomic E-state index is 0.410. The molecule has 19 heavy (non-hydrogen) atoms. The fourth-order valence-corrected chi connectivity index (χ4v) is 1.94. The van der Waals surface area contributed by atoms with Crippen LogP contribution in [0.1, 0.15) is 5.56 Å². The van der Waals surface area contributed by atoms with Gasteiger partial charge in [-0.2, -0.15) is 0 Å². The van der Waals surface area contributed by atoms with E-state index in [-0.39, 0.29) is 0 Å². The second kappa shape index (κ2) is 5.86. The van der Waals surface area contributed by atoms with Gasteiger partial charge in [0.1, 0.15) is 0 Å². The fourth-order valence-electron chi connectivity index (χ4n) is 1.66. The Kier molecular flexibility index (Phi) is 4.19. The Morgan fingerprint density at radius 3 is 2.37 bits per heavy atom. The van der Waals surface area contributed by atoms with Crippen LogP contribution in [-0.2, 0) is 6.54 Å². The Bertz CT molecular complexity index is 573. The molecule has 2 aromatic rings. The molecule has 2 rings (SSSR count). The van der Waals surface area contributed by atoms with Gasteiger partial charge in [0.2, 0.25) is 0 Å². The predicted molar refractivity (Wildman–Crippen MR) is 73.5 cm³/mol. The first-order valence-corrected chi connectivity index (χ1v) is 6.00. The number of rotatable bonds is 4. The summed E-state index contributed by atoms with van der Waals surface area (Å²) in [6, 6.07) is 3.52. The maximum atomic E-state index is 6.14. The summed E-state index contributed by atoms with van der Waals surface area (Å²) in [6.07, 6.45) is 3.37. The van der Waals surface area contributed by atoms with E-state index in [1.807, 2.05) is 0 Å². The van der Waals surface area contributed by atoms with Crippen LogP contribution in [0.25, 0.3) is 11.4 Å². The molecule has 0 amide bonds. The fraction of sp³-hybridized carbons (Fsp3) is 0.231. The van der Waals surface area contributed by atoms with E-state index in [0.29, 0.717) is 28.9 Å². The molecule has 0 spiro atoms. The molecular formula is C13H14ClN3O2. The average Bonchev–Trinajstić information content (AvgIpc) is 2.46. The highest BCUT2D eigenvalue weighted by Gasteiger charge is 2.13. The zero-order valence-corrected chi connectivity index (χ0v) is 11.4. The van der Waals surface area contributed by atoms with E-state index in [1.165, 1.54) is 7.11 Å². The summed E-state index contributed by atoms with van der Waals surface area (Å²) in [5.74, 6) is 1.59. The van der Waals surface area contributed by atoms with Crippen LogP contribution in [0.15, 0.2) is 24.5 Å². The van der Waals surface area contributed by atoms with Gasteiger partial charge in [-0.1, -0.05) is 11.6 Å². The maximum absolute atomic E-state index is 6.14. The molecule has 1 aromatic heterocycles. The van der Waals surface area contributed by atoms with Crippen LogP contribution < -0.4 is 15.2 Å². The van der Waals surface area contributed by atoms with Crippen molar-refractivity contribution in [2.45, 2.75) is 6.54 Å². The van der Waals surface area contributed by atoms with Crippen molar-refractivity contribution in [2.24, 2.45) is 5.73 Å². The Morgan fingerprint density at radius 2 is 1.84 bits per heavy atom. The number of ether oxygens (including phenoxy) is 2. The minimum absolute atomic E-state index is 0.410. The number of halogens is 1. The molecule has 1 aromatic carbocycles. The van der Waals surface area contributed by atoms with Gasteiger partial charge in [-0.25, -0.2) is 9.97 Å². The highest BCUT2D eigenvalue weighted by Crippen LogP contribution is 2.38. The lowest BCUT2D eigenvalue weighted by Gasteiger charge is -2.11. The molecule has 0 aliphatic rings. The molecule has 1 heterocycles. The Morgan fingerprint density at radius 1 is 1.16 bits per heavy atom. The number of benzene rings is 1. The van der Waals surface area contributed by atoms with Gasteiger partial charge in [-0.3, -0.25) is 0 Å². The van der Waals surface area contributed by atoms with Crippen LogP contribution in [0.4, 0.5) is 0 Å². The molecule has 0 radical (unpaired) electrons. The van der Waals surface area contributed by atoms with Gasteiger partial charge < -0.3 is 15.2 Å². The van der Waals surface area contributed by atoms with Crippen LogP contribution in [0.3, 0.4) is 0 Å². The monoisotopic (exact) mass is 279 g/mol. The molecule has 6 heteroatoms. The quantitative estimate of drug-likeness (QED) is 0.930. The van der Waals surface area contributed by atoms with Gasteiger partial charge in [0.15, 0.2) is 17.3 Å². The molecule has 0 unspecified atom stereocenters. The van der Waals surface area contributed by atoms with Crippen molar-refractivity contribution < 1.29 is 9.47 Å². The summed E-state index contributed by atoms with van der Waals surface area (Å²) >= 11 is 6.14. The molecule has 0 aliphatic carbocycles. The van der Waals surface area contributed by atoms with Gasteiger partial charge in [0, 0.05) is 30.1 Å². The summed E-state index contributed by atoms with van der Waals surface area (Å²) in [4.78, 5) is 8.49. The average molecular weight is 280 g/mol. The first-order chi connectivity index (χ1) is 9.19. The molecule has 0 saturated carbocycles. The van der Waals surface area contributed by atoms with E-state index in [9.17, 15) is 0 Å². The maximum Gasteiger partial charge on any atom is 0.179 e. The number of methoxy groups -OCH3 is 2. The zero-order chi connectivity index (χ0) is 13.8. The number of nitrogens with two attached hydrogens (primary N) is 1. The number of hydrogen-bond acceptors (Lipinski definition) is 5. The second-order valence-electron chi connectivity index (χ2n) is 3.81. The van der Waals surface area contributed by atoms with Gasteiger partial charge in [0.05, 0.1) is 19.2 Å². The van der Waals surface area contributed by atoms with Crippen molar-refractivity contribution in [3.8, 4) is 22.9 Å². The first-order valence-electron chi connectivity index (χ1n) is 5.62. The van der Waals surface area contributed by atoms with E-state index in [1.54, 1.807) is 31.6 Å². The van der Waals surface area contributed by atoms with Crippen LogP contribution >= 0.6 is 11.6 Å². The molecule has 0 fully saturated rings. The van der Waals surface area contributed by atoms with Crippen LogP contribution in [0, 0.1) is 0 Å². The molecule has 2 N–H and O–H groups in total. The molecule has 0 aliphatic heterocycles. The van der Waals surface area contributed by atoms with Gasteiger partial charge in [-0.15, -0.1) is 0 Å². The van der Waals surface area contributed by atoms with E-state index in [0.717, 1.165) is 11.1 Å². The highest BCUT2D eigenvalue weighted by molar-refractivity contribution is 6.32. The van der Waals surface area contributed by atoms with E-state index in [2.05, 4.69) is 9.97 Å². The lowest BCUT2D eigenvalue weighted by atomic mass is 10.2. The lowest BCUT2D eigenvalue weighted by Crippen LogP contribution is -1.99. The molecule has 0 atom stereocenters. The van der Waals surface area contributed by atoms with Crippen LogP contribution in [-0.4, -0.2) is 24.2 Å². The standard InChI is InChI=1S/C13H14ClN3O2/c1-18-11-4-9(3-10(14)12(11)19-2)13-16-6-8(5-15)7-17-13/h3-4,6-7H,5,15H2,1-2H3. The van der Waals surface area contributed by atoms with Crippen LogP contribution in [0.5, 0.6) is 11.5 Å². The van der Waals surface area contributed by atoms with E-state index in [4.69, 9.17) is 26.8 Å². The van der Waals surface area contributed by atoms with E-state index < -0.39 is 0 Å². The van der Waals surface area contributed by atoms with Gasteiger partial charge >= 0.3 is 0 Å². The van der Waals surface area contributed by atoms with Crippen molar-refractivity contribution in [3.05, 3.63) is 35.1 Å². The van der Waals surface area contributed by atoms with Gasteiger partial charge in [-0.05, 0) is 12.1 Å². The topological polar surface area (TPSA) is 70.3 Å². The summed E-state index contributed by atoms with van der Waals surface area (Å²) in [5.41, 5.74) is 7.14. The molecule has 5 nitrogen and oxygen atoms in total. The van der Waals surface area contributed by atoms with Crippen molar-refractivity contribution in [2.75, 3.05) is 14.2 Å². The zero-order valence-electron chi connectivity index (χ0n) is 10.7. The third-order valence-electron chi connectivity index (χ3n) is 2.63. The molecule has 0 saturated heterocycles. The predicted octanol–water partition coefficient (Wildman–Crippen LogP) is 2.27. The largest absolute Gasteiger partial charge is 0.493 e. The molecular weight excluding hydrogens is 266 g/mol. The Labute approximate surface area is 116 Å². The highest BCUT2D eigenvalue weighted by atomic mass is 35.5.